The second-order valence-corrected chi connectivity index (χ2v) is 5.95. The summed E-state index contributed by atoms with van der Waals surface area (Å²) in [5, 5.41) is 0. The molecule has 4 nitrogen and oxygen atoms in total. The largest absolute Gasteiger partial charge is 0.497 e. The molecule has 1 aromatic heterocycles. The monoisotopic (exact) mass is 338 g/mol. The Labute approximate surface area is 146 Å². The van der Waals surface area contributed by atoms with Gasteiger partial charge in [-0.25, -0.2) is 4.39 Å². The zero-order valence-electron chi connectivity index (χ0n) is 13.9. The molecule has 0 spiro atoms. The van der Waals surface area contributed by atoms with Gasteiger partial charge in [0.15, 0.2) is 6.23 Å². The molecule has 0 amide bonds. The summed E-state index contributed by atoms with van der Waals surface area (Å²) in [5.74, 6) is 0.586. The summed E-state index contributed by atoms with van der Waals surface area (Å²) in [5.41, 5.74) is 2.92. The van der Waals surface area contributed by atoms with E-state index in [-0.39, 0.29) is 12.0 Å². The van der Waals surface area contributed by atoms with Crippen LogP contribution in [0.3, 0.4) is 0 Å². The third kappa shape index (κ3) is 3.10. The molecule has 5 heteroatoms. The highest BCUT2D eigenvalue weighted by Crippen LogP contribution is 2.33. The Kier molecular flexibility index (Phi) is 4.15. The number of hydrogen-bond donors (Lipinski definition) is 0. The predicted molar refractivity (Wildman–Crippen MR) is 94.8 cm³/mol. The Bertz CT molecular complexity index is 860. The first-order chi connectivity index (χ1) is 12.2. The minimum absolute atomic E-state index is 0.150. The quantitative estimate of drug-likeness (QED) is 0.715. The van der Waals surface area contributed by atoms with Gasteiger partial charge in [0.1, 0.15) is 11.6 Å². The minimum Gasteiger partial charge on any atom is -0.497 e. The molecule has 3 aromatic rings. The predicted octanol–water partition coefficient (Wildman–Crippen LogP) is 4.16. The number of nitrogens with zero attached hydrogens (tertiary/aromatic N) is 2. The number of benzene rings is 2. The van der Waals surface area contributed by atoms with Gasteiger partial charge in [-0.3, -0.25) is 0 Å². The molecule has 0 bridgehead atoms. The van der Waals surface area contributed by atoms with E-state index in [0.717, 1.165) is 29.2 Å². The van der Waals surface area contributed by atoms with Crippen LogP contribution >= 0.6 is 0 Å². The SMILES string of the molecule is COc1ccc(N2CCO[C@H]2c2ccn(-c3cccc(F)c3)c2)cc1. The van der Waals surface area contributed by atoms with E-state index in [1.165, 1.54) is 12.1 Å². The van der Waals surface area contributed by atoms with E-state index in [2.05, 4.69) is 4.90 Å². The normalized spacial score (nSPS) is 17.0. The van der Waals surface area contributed by atoms with Crippen molar-refractivity contribution in [1.29, 1.82) is 0 Å². The van der Waals surface area contributed by atoms with Crippen molar-refractivity contribution in [3.8, 4) is 11.4 Å². The smallest absolute Gasteiger partial charge is 0.158 e. The molecule has 0 radical (unpaired) electrons. The highest BCUT2D eigenvalue weighted by atomic mass is 19.1. The number of hydrogen-bond acceptors (Lipinski definition) is 3. The number of ether oxygens (including phenoxy) is 2. The first-order valence-electron chi connectivity index (χ1n) is 8.21. The average molecular weight is 338 g/mol. The lowest BCUT2D eigenvalue weighted by atomic mass is 10.2. The van der Waals surface area contributed by atoms with E-state index in [9.17, 15) is 4.39 Å². The van der Waals surface area contributed by atoms with Crippen LogP contribution in [0.2, 0.25) is 0 Å². The standard InChI is InChI=1S/C20H19FN2O2/c1-24-19-7-5-17(6-8-19)23-11-12-25-20(23)15-9-10-22(14-15)18-4-2-3-16(21)13-18/h2-10,13-14,20H,11-12H2,1H3/t20-/m0/s1. The van der Waals surface area contributed by atoms with Gasteiger partial charge in [-0.2, -0.15) is 0 Å². The van der Waals surface area contributed by atoms with Crippen molar-refractivity contribution >= 4 is 5.69 Å². The summed E-state index contributed by atoms with van der Waals surface area (Å²) in [4.78, 5) is 2.21. The van der Waals surface area contributed by atoms with Gasteiger partial charge in [0.2, 0.25) is 0 Å². The lowest BCUT2D eigenvalue weighted by Gasteiger charge is -2.24. The first-order valence-corrected chi connectivity index (χ1v) is 8.21. The highest BCUT2D eigenvalue weighted by Gasteiger charge is 2.28. The van der Waals surface area contributed by atoms with Gasteiger partial charge < -0.3 is 18.9 Å². The maximum Gasteiger partial charge on any atom is 0.158 e. The van der Waals surface area contributed by atoms with Crippen molar-refractivity contribution in [2.45, 2.75) is 6.23 Å². The molecule has 1 aliphatic rings. The van der Waals surface area contributed by atoms with E-state index in [4.69, 9.17) is 9.47 Å². The van der Waals surface area contributed by atoms with E-state index in [1.807, 2.05) is 53.4 Å². The topological polar surface area (TPSA) is 26.6 Å². The third-order valence-corrected chi connectivity index (χ3v) is 4.40. The molecule has 2 heterocycles. The van der Waals surface area contributed by atoms with Crippen molar-refractivity contribution in [1.82, 2.24) is 4.57 Å². The zero-order chi connectivity index (χ0) is 17.2. The molecule has 0 N–H and O–H groups in total. The van der Waals surface area contributed by atoms with E-state index < -0.39 is 0 Å². The molecule has 25 heavy (non-hydrogen) atoms. The van der Waals surface area contributed by atoms with Crippen molar-refractivity contribution in [3.05, 3.63) is 78.4 Å². The molecule has 1 atom stereocenters. The Hall–Kier alpha value is -2.79. The molecule has 1 aliphatic heterocycles. The van der Waals surface area contributed by atoms with Crippen molar-refractivity contribution in [2.24, 2.45) is 0 Å². The highest BCUT2D eigenvalue weighted by molar-refractivity contribution is 5.51. The molecule has 128 valence electrons. The van der Waals surface area contributed by atoms with E-state index in [0.29, 0.717) is 6.61 Å². The van der Waals surface area contributed by atoms with Crippen LogP contribution in [0.1, 0.15) is 11.8 Å². The van der Waals surface area contributed by atoms with Gasteiger partial charge >= 0.3 is 0 Å². The summed E-state index contributed by atoms with van der Waals surface area (Å²) in [6.07, 6.45) is 3.77. The fourth-order valence-electron chi connectivity index (χ4n) is 3.14. The van der Waals surface area contributed by atoms with Crippen LogP contribution in [0.15, 0.2) is 67.0 Å². The minimum atomic E-state index is -0.246. The maximum atomic E-state index is 13.4. The maximum absolute atomic E-state index is 13.4. The number of aromatic nitrogens is 1. The molecule has 1 saturated heterocycles. The van der Waals surface area contributed by atoms with Crippen LogP contribution in [-0.2, 0) is 4.74 Å². The lowest BCUT2D eigenvalue weighted by molar-refractivity contribution is 0.114. The molecule has 0 saturated carbocycles. The molecular weight excluding hydrogens is 319 g/mol. The molecule has 0 unspecified atom stereocenters. The molecule has 0 aliphatic carbocycles. The molecular formula is C20H19FN2O2. The van der Waals surface area contributed by atoms with Crippen molar-refractivity contribution < 1.29 is 13.9 Å². The Morgan fingerprint density at radius 1 is 1.08 bits per heavy atom. The van der Waals surface area contributed by atoms with Crippen LogP contribution in [0.4, 0.5) is 10.1 Å². The van der Waals surface area contributed by atoms with E-state index >= 15 is 0 Å². The summed E-state index contributed by atoms with van der Waals surface area (Å²) < 4.78 is 26.5. The van der Waals surface area contributed by atoms with Crippen LogP contribution in [0, 0.1) is 5.82 Å². The van der Waals surface area contributed by atoms with Crippen LogP contribution in [0.5, 0.6) is 5.75 Å². The van der Waals surface area contributed by atoms with Gasteiger partial charge in [-0.1, -0.05) is 6.07 Å². The first kappa shape index (κ1) is 15.7. The van der Waals surface area contributed by atoms with Gasteiger partial charge in [0.25, 0.3) is 0 Å². The number of methoxy groups -OCH3 is 1. The average Bonchev–Trinajstić information content (AvgIpc) is 3.31. The van der Waals surface area contributed by atoms with E-state index in [1.54, 1.807) is 13.2 Å². The summed E-state index contributed by atoms with van der Waals surface area (Å²) >= 11 is 0. The number of halogens is 1. The Morgan fingerprint density at radius 3 is 2.68 bits per heavy atom. The Morgan fingerprint density at radius 2 is 1.92 bits per heavy atom. The molecule has 4 rings (SSSR count). The second-order valence-electron chi connectivity index (χ2n) is 5.95. The third-order valence-electron chi connectivity index (χ3n) is 4.40. The lowest BCUT2D eigenvalue weighted by Crippen LogP contribution is -2.22. The van der Waals surface area contributed by atoms with Crippen molar-refractivity contribution in [2.75, 3.05) is 25.2 Å². The summed E-state index contributed by atoms with van der Waals surface area (Å²) in [6, 6.07) is 16.5. The van der Waals surface area contributed by atoms with Crippen LogP contribution < -0.4 is 9.64 Å². The van der Waals surface area contributed by atoms with Gasteiger partial charge in [0, 0.05) is 35.9 Å². The summed E-state index contributed by atoms with van der Waals surface area (Å²) in [7, 11) is 1.66. The van der Waals surface area contributed by atoms with Gasteiger partial charge in [0.05, 0.1) is 13.7 Å². The van der Waals surface area contributed by atoms with Gasteiger partial charge in [-0.05, 0) is 48.5 Å². The Balaban J connectivity index is 1.60. The number of rotatable bonds is 4. The van der Waals surface area contributed by atoms with Crippen LogP contribution in [0.25, 0.3) is 5.69 Å². The van der Waals surface area contributed by atoms with Crippen LogP contribution in [-0.4, -0.2) is 24.8 Å². The van der Waals surface area contributed by atoms with Crippen molar-refractivity contribution in [3.63, 3.8) is 0 Å². The molecule has 2 aromatic carbocycles. The molecule has 1 fully saturated rings. The zero-order valence-corrected chi connectivity index (χ0v) is 13.9. The fourth-order valence-corrected chi connectivity index (χ4v) is 3.14. The van der Waals surface area contributed by atoms with Gasteiger partial charge in [-0.15, -0.1) is 0 Å². The fraction of sp³-hybridized carbons (Fsp3) is 0.200. The number of anilines is 1. The summed E-state index contributed by atoms with van der Waals surface area (Å²) in [6.45, 7) is 1.49. The second kappa shape index (κ2) is 6.61.